The van der Waals surface area contributed by atoms with Gasteiger partial charge in [0.1, 0.15) is 12.3 Å². The Bertz CT molecular complexity index is 1080. The number of ether oxygens (including phenoxy) is 3. The van der Waals surface area contributed by atoms with E-state index in [1.165, 1.54) is 11.3 Å². The number of aromatic nitrogens is 3. The van der Waals surface area contributed by atoms with E-state index in [9.17, 15) is 9.59 Å². The molecule has 0 saturated carbocycles. The van der Waals surface area contributed by atoms with Crippen LogP contribution in [-0.4, -0.2) is 85.1 Å². The van der Waals surface area contributed by atoms with E-state index in [1.54, 1.807) is 23.8 Å². The second kappa shape index (κ2) is 12.9. The smallest absolute Gasteiger partial charge is 0.276 e. The van der Waals surface area contributed by atoms with Crippen LogP contribution in [0.5, 0.6) is 0 Å². The van der Waals surface area contributed by atoms with Crippen LogP contribution in [0.2, 0.25) is 0 Å². The summed E-state index contributed by atoms with van der Waals surface area (Å²) in [6, 6.07) is 5.76. The number of amides is 2. The van der Waals surface area contributed by atoms with Crippen LogP contribution < -0.4 is 5.32 Å². The number of thiophene rings is 1. The third kappa shape index (κ3) is 7.18. The average molecular weight is 520 g/mol. The van der Waals surface area contributed by atoms with Crippen molar-refractivity contribution in [3.63, 3.8) is 0 Å². The van der Waals surface area contributed by atoms with Gasteiger partial charge >= 0.3 is 0 Å². The minimum Gasteiger partial charge on any atom is -0.382 e. The fourth-order valence-corrected chi connectivity index (χ4v) is 5.36. The van der Waals surface area contributed by atoms with Crippen molar-refractivity contribution >= 4 is 40.3 Å². The predicted octanol–water partition coefficient (Wildman–Crippen LogP) is 3.23. The molecule has 1 fully saturated rings. The van der Waals surface area contributed by atoms with Gasteiger partial charge in [0.2, 0.25) is 5.91 Å². The molecule has 2 N–H and O–H groups in total. The lowest BCUT2D eigenvalue weighted by Crippen LogP contribution is -2.40. The third-order valence-electron chi connectivity index (χ3n) is 5.59. The molecular weight excluding hydrogens is 490 g/mol. The molecule has 0 bridgehead atoms. The van der Waals surface area contributed by atoms with Gasteiger partial charge in [0.05, 0.1) is 42.0 Å². The van der Waals surface area contributed by atoms with Crippen molar-refractivity contribution in [2.24, 2.45) is 0 Å². The SMILES string of the molecule is COCCOCCOCC(=O)N1CCC(c2nc(C(=O)Nc3cc(-c4cccs4)[nH]n3)cs2)CC1. The lowest BCUT2D eigenvalue weighted by atomic mass is 9.97. The van der Waals surface area contributed by atoms with Gasteiger partial charge < -0.3 is 24.4 Å². The Kier molecular flexibility index (Phi) is 9.37. The van der Waals surface area contributed by atoms with Crippen molar-refractivity contribution in [1.29, 1.82) is 0 Å². The number of nitrogens with one attached hydrogen (secondary N) is 2. The minimum atomic E-state index is -0.285. The summed E-state index contributed by atoms with van der Waals surface area (Å²) in [5.41, 5.74) is 1.24. The van der Waals surface area contributed by atoms with Crippen LogP contribution in [0.15, 0.2) is 29.0 Å². The van der Waals surface area contributed by atoms with Gasteiger partial charge in [-0.3, -0.25) is 14.7 Å². The topological polar surface area (TPSA) is 119 Å². The summed E-state index contributed by atoms with van der Waals surface area (Å²) < 4.78 is 15.6. The maximum Gasteiger partial charge on any atom is 0.276 e. The van der Waals surface area contributed by atoms with Gasteiger partial charge in [-0.05, 0) is 24.3 Å². The molecule has 188 valence electrons. The summed E-state index contributed by atoms with van der Waals surface area (Å²) in [6.07, 6.45) is 1.62. The molecule has 0 spiro atoms. The Balaban J connectivity index is 1.19. The summed E-state index contributed by atoms with van der Waals surface area (Å²) in [4.78, 5) is 32.5. The molecule has 12 heteroatoms. The fourth-order valence-electron chi connectivity index (χ4n) is 3.69. The Hall–Kier alpha value is -2.64. The van der Waals surface area contributed by atoms with Gasteiger partial charge in [-0.25, -0.2) is 4.98 Å². The van der Waals surface area contributed by atoms with E-state index in [4.69, 9.17) is 14.2 Å². The van der Waals surface area contributed by atoms with Gasteiger partial charge in [-0.2, -0.15) is 5.10 Å². The normalized spacial score (nSPS) is 14.4. The highest BCUT2D eigenvalue weighted by Crippen LogP contribution is 2.31. The fraction of sp³-hybridized carbons (Fsp3) is 0.478. The Morgan fingerprint density at radius 2 is 1.97 bits per heavy atom. The molecule has 1 aliphatic rings. The van der Waals surface area contributed by atoms with E-state index < -0.39 is 0 Å². The first-order valence-electron chi connectivity index (χ1n) is 11.4. The summed E-state index contributed by atoms with van der Waals surface area (Å²) in [6.45, 7) is 3.23. The lowest BCUT2D eigenvalue weighted by Gasteiger charge is -2.31. The molecular formula is C23H29N5O5S2. The molecule has 4 heterocycles. The second-order valence-corrected chi connectivity index (χ2v) is 9.82. The molecule has 3 aromatic heterocycles. The Labute approximate surface area is 211 Å². The maximum absolute atomic E-state index is 12.6. The Morgan fingerprint density at radius 1 is 1.17 bits per heavy atom. The molecule has 4 rings (SSSR count). The molecule has 0 unspecified atom stereocenters. The first-order valence-corrected chi connectivity index (χ1v) is 13.2. The van der Waals surface area contributed by atoms with Gasteiger partial charge in [-0.15, -0.1) is 22.7 Å². The van der Waals surface area contributed by atoms with E-state index in [0.717, 1.165) is 28.4 Å². The third-order valence-corrected chi connectivity index (χ3v) is 7.50. The first kappa shape index (κ1) is 25.5. The van der Waals surface area contributed by atoms with Gasteiger partial charge in [0.15, 0.2) is 5.82 Å². The van der Waals surface area contributed by atoms with Crippen molar-refractivity contribution in [2.75, 3.05) is 58.6 Å². The van der Waals surface area contributed by atoms with Crippen LogP contribution >= 0.6 is 22.7 Å². The van der Waals surface area contributed by atoms with E-state index in [0.29, 0.717) is 51.0 Å². The van der Waals surface area contributed by atoms with Crippen molar-refractivity contribution in [1.82, 2.24) is 20.1 Å². The molecule has 3 aromatic rings. The maximum atomic E-state index is 12.6. The number of aromatic amines is 1. The van der Waals surface area contributed by atoms with Crippen LogP contribution in [-0.2, 0) is 19.0 Å². The number of anilines is 1. The molecule has 2 amide bonds. The first-order chi connectivity index (χ1) is 17.1. The molecule has 10 nitrogen and oxygen atoms in total. The summed E-state index contributed by atoms with van der Waals surface area (Å²) in [5, 5.41) is 14.6. The summed E-state index contributed by atoms with van der Waals surface area (Å²) in [7, 11) is 1.62. The zero-order valence-electron chi connectivity index (χ0n) is 19.5. The van der Waals surface area contributed by atoms with Crippen molar-refractivity contribution in [2.45, 2.75) is 18.8 Å². The number of carbonyl (C=O) groups excluding carboxylic acids is 2. The van der Waals surface area contributed by atoms with Crippen molar-refractivity contribution < 1.29 is 23.8 Å². The Morgan fingerprint density at radius 3 is 2.74 bits per heavy atom. The number of carbonyl (C=O) groups is 2. The van der Waals surface area contributed by atoms with E-state index in [2.05, 4.69) is 20.5 Å². The molecule has 1 saturated heterocycles. The number of thiazole rings is 1. The van der Waals surface area contributed by atoms with Crippen molar-refractivity contribution in [3.8, 4) is 10.6 Å². The zero-order valence-corrected chi connectivity index (χ0v) is 21.2. The van der Waals surface area contributed by atoms with E-state index >= 15 is 0 Å². The number of H-pyrrole nitrogens is 1. The number of nitrogens with zero attached hydrogens (tertiary/aromatic N) is 3. The number of piperidine rings is 1. The van der Waals surface area contributed by atoms with Crippen LogP contribution in [0.3, 0.4) is 0 Å². The van der Waals surface area contributed by atoms with Gasteiger partial charge in [-0.1, -0.05) is 6.07 Å². The molecule has 0 aromatic carbocycles. The molecule has 1 aliphatic heterocycles. The monoisotopic (exact) mass is 519 g/mol. The highest BCUT2D eigenvalue weighted by molar-refractivity contribution is 7.13. The highest BCUT2D eigenvalue weighted by atomic mass is 32.1. The highest BCUT2D eigenvalue weighted by Gasteiger charge is 2.26. The largest absolute Gasteiger partial charge is 0.382 e. The standard InChI is InChI=1S/C23H29N5O5S2/c1-31-8-9-32-10-11-33-14-21(29)28-6-4-16(5-7-28)23-24-18(15-35-23)22(30)25-20-13-17(26-27-20)19-3-2-12-34-19/h2-3,12-13,15-16H,4-11,14H2,1H3,(H2,25,26,27,30). The van der Waals surface area contributed by atoms with Crippen molar-refractivity contribution in [3.05, 3.63) is 39.7 Å². The quantitative estimate of drug-likeness (QED) is 0.353. The lowest BCUT2D eigenvalue weighted by molar-refractivity contribution is -0.137. The number of likely N-dealkylation sites (tertiary alicyclic amines) is 1. The molecule has 0 radical (unpaired) electrons. The molecule has 0 atom stereocenters. The minimum absolute atomic E-state index is 0.0135. The number of hydrogen-bond donors (Lipinski definition) is 2. The second-order valence-electron chi connectivity index (χ2n) is 7.98. The van der Waals surface area contributed by atoms with Gasteiger partial charge in [0, 0.05) is 37.6 Å². The predicted molar refractivity (Wildman–Crippen MR) is 134 cm³/mol. The van der Waals surface area contributed by atoms with Crippen LogP contribution in [0.1, 0.15) is 34.3 Å². The van der Waals surface area contributed by atoms with Gasteiger partial charge in [0.25, 0.3) is 5.91 Å². The van der Waals surface area contributed by atoms with Crippen LogP contribution in [0.25, 0.3) is 10.6 Å². The average Bonchev–Trinajstić information content (AvgIpc) is 3.65. The molecule has 35 heavy (non-hydrogen) atoms. The number of hydrogen-bond acceptors (Lipinski definition) is 9. The van der Waals surface area contributed by atoms with Crippen LogP contribution in [0, 0.1) is 0 Å². The van der Waals surface area contributed by atoms with E-state index in [1.807, 2.05) is 28.5 Å². The number of rotatable bonds is 12. The number of methoxy groups -OCH3 is 1. The zero-order chi connectivity index (χ0) is 24.5. The summed E-state index contributed by atoms with van der Waals surface area (Å²) >= 11 is 3.08. The van der Waals surface area contributed by atoms with Crippen LogP contribution in [0.4, 0.5) is 5.82 Å². The summed E-state index contributed by atoms with van der Waals surface area (Å²) in [5.74, 6) is 0.396. The molecule has 0 aliphatic carbocycles. The van der Waals surface area contributed by atoms with E-state index in [-0.39, 0.29) is 24.3 Å².